The Morgan fingerprint density at radius 3 is 2.52 bits per heavy atom. The topological polar surface area (TPSA) is 103 Å². The van der Waals surface area contributed by atoms with E-state index in [1.807, 2.05) is 54.6 Å². The van der Waals surface area contributed by atoms with Crippen LogP contribution in [0.5, 0.6) is 0 Å². The lowest BCUT2D eigenvalue weighted by Crippen LogP contribution is -2.14. The van der Waals surface area contributed by atoms with Gasteiger partial charge in [0, 0.05) is 17.1 Å². The Labute approximate surface area is 183 Å². The van der Waals surface area contributed by atoms with Gasteiger partial charge in [0.2, 0.25) is 5.91 Å². The monoisotopic (exact) mass is 431 g/mol. The van der Waals surface area contributed by atoms with Crippen molar-refractivity contribution in [2.45, 2.75) is 19.8 Å². The first kappa shape index (κ1) is 20.5. The maximum Gasteiger partial charge on any atom is 0.261 e. The van der Waals surface area contributed by atoms with Crippen LogP contribution < -0.4 is 11.1 Å². The van der Waals surface area contributed by atoms with Crippen LogP contribution in [0.3, 0.4) is 0 Å². The lowest BCUT2D eigenvalue weighted by molar-refractivity contribution is -0.117. The Morgan fingerprint density at radius 2 is 1.84 bits per heavy atom. The van der Waals surface area contributed by atoms with Gasteiger partial charge >= 0.3 is 0 Å². The van der Waals surface area contributed by atoms with Gasteiger partial charge in [0.1, 0.15) is 5.69 Å². The van der Waals surface area contributed by atoms with E-state index >= 15 is 0 Å². The number of amides is 2. The third kappa shape index (κ3) is 4.70. The number of hydrogen-bond donors (Lipinski definition) is 2. The molecule has 0 fully saturated rings. The van der Waals surface area contributed by atoms with Crippen LogP contribution in [0.25, 0.3) is 16.9 Å². The maximum absolute atomic E-state index is 13.1. The molecule has 0 aliphatic carbocycles. The van der Waals surface area contributed by atoms with Crippen LogP contribution in [0.4, 0.5) is 5.13 Å². The molecule has 0 radical (unpaired) electrons. The van der Waals surface area contributed by atoms with E-state index in [4.69, 9.17) is 10.8 Å². The number of anilines is 1. The second-order valence-electron chi connectivity index (χ2n) is 6.96. The van der Waals surface area contributed by atoms with E-state index in [1.54, 1.807) is 16.3 Å². The largest absolute Gasteiger partial charge is 0.369 e. The minimum absolute atomic E-state index is 0.0351. The van der Waals surface area contributed by atoms with Crippen LogP contribution in [0.15, 0.2) is 66.2 Å². The predicted molar refractivity (Wildman–Crippen MR) is 121 cm³/mol. The zero-order valence-electron chi connectivity index (χ0n) is 16.9. The average Bonchev–Trinajstić information content (AvgIpc) is 3.41. The number of nitrogens with two attached hydrogens (primary N) is 1. The number of carbonyl (C=O) groups is 2. The molecule has 0 saturated heterocycles. The SMILES string of the molecule is CCc1ccc(-c2nn(-c3ccccc3)cc2C(=O)Nc2nc(CC(N)=O)cs2)cc1. The number of aromatic nitrogens is 3. The first-order valence-corrected chi connectivity index (χ1v) is 10.7. The van der Waals surface area contributed by atoms with Crippen molar-refractivity contribution in [1.29, 1.82) is 0 Å². The summed E-state index contributed by atoms with van der Waals surface area (Å²) in [4.78, 5) is 28.5. The normalized spacial score (nSPS) is 10.7. The number of carbonyl (C=O) groups excluding carboxylic acids is 2. The second kappa shape index (κ2) is 8.93. The van der Waals surface area contributed by atoms with Gasteiger partial charge in [-0.2, -0.15) is 5.10 Å². The predicted octanol–water partition coefficient (Wildman–Crippen LogP) is 3.84. The van der Waals surface area contributed by atoms with Crippen molar-refractivity contribution in [1.82, 2.24) is 14.8 Å². The number of benzene rings is 2. The smallest absolute Gasteiger partial charge is 0.261 e. The van der Waals surface area contributed by atoms with Crippen LogP contribution in [-0.4, -0.2) is 26.6 Å². The zero-order chi connectivity index (χ0) is 21.8. The number of nitrogens with zero attached hydrogens (tertiary/aromatic N) is 3. The quantitative estimate of drug-likeness (QED) is 0.464. The molecule has 31 heavy (non-hydrogen) atoms. The van der Waals surface area contributed by atoms with Crippen molar-refractivity contribution < 1.29 is 9.59 Å². The lowest BCUT2D eigenvalue weighted by Gasteiger charge is -2.04. The third-order valence-corrected chi connectivity index (χ3v) is 5.55. The summed E-state index contributed by atoms with van der Waals surface area (Å²) in [6.45, 7) is 2.10. The zero-order valence-corrected chi connectivity index (χ0v) is 17.7. The molecule has 2 aromatic carbocycles. The van der Waals surface area contributed by atoms with Gasteiger partial charge in [-0.1, -0.05) is 49.4 Å². The summed E-state index contributed by atoms with van der Waals surface area (Å²) in [5.74, 6) is -0.790. The Morgan fingerprint density at radius 1 is 1.10 bits per heavy atom. The van der Waals surface area contributed by atoms with Gasteiger partial charge in [0.15, 0.2) is 5.13 Å². The van der Waals surface area contributed by atoms with E-state index in [9.17, 15) is 9.59 Å². The fraction of sp³-hybridized carbons (Fsp3) is 0.130. The molecule has 2 heterocycles. The Bertz CT molecular complexity index is 1210. The lowest BCUT2D eigenvalue weighted by atomic mass is 10.0. The van der Waals surface area contributed by atoms with Crippen molar-refractivity contribution in [3.63, 3.8) is 0 Å². The van der Waals surface area contributed by atoms with Crippen molar-refractivity contribution in [3.05, 3.63) is 83.0 Å². The highest BCUT2D eigenvalue weighted by molar-refractivity contribution is 7.14. The maximum atomic E-state index is 13.1. The van der Waals surface area contributed by atoms with Gasteiger partial charge in [0.25, 0.3) is 5.91 Å². The molecule has 0 spiro atoms. The number of hydrogen-bond acceptors (Lipinski definition) is 5. The van der Waals surface area contributed by atoms with Crippen LogP contribution in [-0.2, 0) is 17.6 Å². The van der Waals surface area contributed by atoms with Crippen molar-refractivity contribution in [2.24, 2.45) is 5.73 Å². The fourth-order valence-corrected chi connectivity index (χ4v) is 3.86. The average molecular weight is 432 g/mol. The third-order valence-electron chi connectivity index (χ3n) is 4.74. The number of para-hydroxylation sites is 1. The molecule has 0 saturated carbocycles. The van der Waals surface area contributed by atoms with E-state index in [0.29, 0.717) is 22.1 Å². The molecule has 4 rings (SSSR count). The van der Waals surface area contributed by atoms with Crippen molar-refractivity contribution >= 4 is 28.3 Å². The van der Waals surface area contributed by atoms with Crippen LogP contribution in [0.2, 0.25) is 0 Å². The summed E-state index contributed by atoms with van der Waals surface area (Å²) in [6, 6.07) is 17.6. The summed E-state index contributed by atoms with van der Waals surface area (Å²) in [7, 11) is 0. The minimum atomic E-state index is -0.467. The summed E-state index contributed by atoms with van der Waals surface area (Å²) in [5.41, 5.74) is 9.67. The van der Waals surface area contributed by atoms with Gasteiger partial charge in [-0.25, -0.2) is 9.67 Å². The van der Waals surface area contributed by atoms with E-state index in [0.717, 1.165) is 17.7 Å². The molecular weight excluding hydrogens is 410 g/mol. The van der Waals surface area contributed by atoms with Crippen LogP contribution in [0.1, 0.15) is 28.5 Å². The van der Waals surface area contributed by atoms with Crippen molar-refractivity contribution in [3.8, 4) is 16.9 Å². The molecule has 0 aliphatic heterocycles. The standard InChI is InChI=1S/C23H21N5O2S/c1-2-15-8-10-16(11-9-15)21-19(13-28(27-21)18-6-4-3-5-7-18)22(30)26-23-25-17(14-31-23)12-20(24)29/h3-11,13-14H,2,12H2,1H3,(H2,24,29)(H,25,26,30). The van der Waals surface area contributed by atoms with Gasteiger partial charge in [-0.3, -0.25) is 14.9 Å². The molecule has 0 unspecified atom stereocenters. The van der Waals surface area contributed by atoms with E-state index in [1.165, 1.54) is 16.9 Å². The molecule has 2 aromatic heterocycles. The summed E-state index contributed by atoms with van der Waals surface area (Å²) in [5, 5.41) is 9.61. The highest BCUT2D eigenvalue weighted by Gasteiger charge is 2.20. The first-order chi connectivity index (χ1) is 15.0. The number of aryl methyl sites for hydroxylation is 1. The number of nitrogens with one attached hydrogen (secondary N) is 1. The van der Waals surface area contributed by atoms with Crippen molar-refractivity contribution in [2.75, 3.05) is 5.32 Å². The highest BCUT2D eigenvalue weighted by atomic mass is 32.1. The number of thiazole rings is 1. The second-order valence-corrected chi connectivity index (χ2v) is 7.82. The molecule has 156 valence electrons. The molecule has 3 N–H and O–H groups in total. The van der Waals surface area contributed by atoms with E-state index in [2.05, 4.69) is 17.2 Å². The van der Waals surface area contributed by atoms with Gasteiger partial charge in [-0.15, -0.1) is 11.3 Å². The van der Waals surface area contributed by atoms with Crippen LogP contribution >= 0.6 is 11.3 Å². The molecule has 0 atom stereocenters. The summed E-state index contributed by atoms with van der Waals surface area (Å²) >= 11 is 1.25. The molecule has 0 bridgehead atoms. The number of rotatable bonds is 7. The van der Waals surface area contributed by atoms with Gasteiger partial charge in [0.05, 0.1) is 23.4 Å². The number of primary amides is 1. The molecule has 2 amide bonds. The minimum Gasteiger partial charge on any atom is -0.369 e. The Balaban J connectivity index is 1.68. The summed E-state index contributed by atoms with van der Waals surface area (Å²) < 4.78 is 1.69. The molecule has 4 aromatic rings. The Hall–Kier alpha value is -3.78. The molecule has 0 aliphatic rings. The van der Waals surface area contributed by atoms with Gasteiger partial charge in [-0.05, 0) is 24.1 Å². The van der Waals surface area contributed by atoms with Crippen LogP contribution in [0, 0.1) is 0 Å². The van der Waals surface area contributed by atoms with Gasteiger partial charge < -0.3 is 5.73 Å². The molecule has 8 heteroatoms. The highest BCUT2D eigenvalue weighted by Crippen LogP contribution is 2.26. The summed E-state index contributed by atoms with van der Waals surface area (Å²) in [6.07, 6.45) is 2.68. The van der Waals surface area contributed by atoms with E-state index in [-0.39, 0.29) is 12.3 Å². The fourth-order valence-electron chi connectivity index (χ4n) is 3.15. The first-order valence-electron chi connectivity index (χ1n) is 9.82. The molecule has 7 nitrogen and oxygen atoms in total. The Kier molecular flexibility index (Phi) is 5.90. The molecular formula is C23H21N5O2S. The van der Waals surface area contributed by atoms with E-state index < -0.39 is 5.91 Å².